The molecule has 5 heteroatoms. The van der Waals surface area contributed by atoms with Crippen LogP contribution >= 0.6 is 0 Å². The minimum absolute atomic E-state index is 0.559. The lowest BCUT2D eigenvalue weighted by Crippen LogP contribution is -2.20. The highest BCUT2D eigenvalue weighted by molar-refractivity contribution is 5.82. The maximum absolute atomic E-state index is 9.96. The Morgan fingerprint density at radius 2 is 2.19 bits per heavy atom. The Bertz CT molecular complexity index is 407. The number of pyridine rings is 1. The van der Waals surface area contributed by atoms with Gasteiger partial charge in [-0.15, -0.1) is 0 Å². The van der Waals surface area contributed by atoms with Crippen LogP contribution in [-0.2, 0) is 5.60 Å². The standard InChI is InChI=1S/C11H16N4O/c1-8-4-5-9(14-7-13-6-12)10(15-8)11(2,3)16/h4-7,16H,1-3H3,(H2,12,13,14). The summed E-state index contributed by atoms with van der Waals surface area (Å²) in [6.07, 6.45) is 2.31. The average Bonchev–Trinajstić information content (AvgIpc) is 2.19. The largest absolute Gasteiger partial charge is 0.384 e. The number of aryl methyl sites for hydroxylation is 1. The van der Waals surface area contributed by atoms with Gasteiger partial charge in [0, 0.05) is 5.69 Å². The van der Waals surface area contributed by atoms with E-state index in [0.717, 1.165) is 12.0 Å². The second kappa shape index (κ2) is 4.85. The number of nitrogens with zero attached hydrogens (tertiary/aromatic N) is 2. The first-order chi connectivity index (χ1) is 7.45. The molecule has 0 unspecified atom stereocenters. The van der Waals surface area contributed by atoms with Crippen LogP contribution in [0.2, 0.25) is 0 Å². The Morgan fingerprint density at radius 3 is 2.75 bits per heavy atom. The van der Waals surface area contributed by atoms with Crippen LogP contribution in [-0.4, -0.2) is 22.8 Å². The number of nitrogens with one attached hydrogen (secondary N) is 2. The maximum atomic E-state index is 9.96. The van der Waals surface area contributed by atoms with Gasteiger partial charge in [0.05, 0.1) is 17.7 Å². The molecule has 0 aliphatic heterocycles. The predicted molar refractivity (Wildman–Crippen MR) is 65.1 cm³/mol. The molecule has 0 saturated carbocycles. The average molecular weight is 220 g/mol. The van der Waals surface area contributed by atoms with Gasteiger partial charge in [-0.05, 0) is 32.9 Å². The number of hydrogen-bond donors (Lipinski definition) is 3. The third-order valence-electron chi connectivity index (χ3n) is 1.98. The van der Waals surface area contributed by atoms with E-state index in [1.54, 1.807) is 13.8 Å². The zero-order valence-corrected chi connectivity index (χ0v) is 9.65. The molecule has 1 aromatic heterocycles. The minimum Gasteiger partial charge on any atom is -0.384 e. The molecule has 0 bridgehead atoms. The van der Waals surface area contributed by atoms with E-state index in [-0.39, 0.29) is 0 Å². The van der Waals surface area contributed by atoms with Crippen molar-refractivity contribution in [2.45, 2.75) is 26.4 Å². The quantitative estimate of drug-likeness (QED) is 0.533. The van der Waals surface area contributed by atoms with Crippen LogP contribution in [0.15, 0.2) is 17.1 Å². The molecule has 1 aromatic rings. The van der Waals surface area contributed by atoms with Crippen molar-refractivity contribution in [2.75, 3.05) is 5.32 Å². The summed E-state index contributed by atoms with van der Waals surface area (Å²) in [5.41, 5.74) is 1.06. The third-order valence-corrected chi connectivity index (χ3v) is 1.98. The summed E-state index contributed by atoms with van der Waals surface area (Å²) < 4.78 is 0. The van der Waals surface area contributed by atoms with Gasteiger partial charge in [-0.25, -0.2) is 4.99 Å². The van der Waals surface area contributed by atoms with Gasteiger partial charge in [0.2, 0.25) is 0 Å². The number of aliphatic hydroxyl groups is 1. The minimum atomic E-state index is -1.02. The van der Waals surface area contributed by atoms with Crippen molar-refractivity contribution < 1.29 is 5.11 Å². The van der Waals surface area contributed by atoms with Gasteiger partial charge >= 0.3 is 0 Å². The second-order valence-corrected chi connectivity index (χ2v) is 3.96. The smallest absolute Gasteiger partial charge is 0.108 e. The fourth-order valence-electron chi connectivity index (χ4n) is 1.28. The highest BCUT2D eigenvalue weighted by Crippen LogP contribution is 2.25. The first kappa shape index (κ1) is 12.3. The van der Waals surface area contributed by atoms with Crippen LogP contribution in [0.5, 0.6) is 0 Å². The summed E-state index contributed by atoms with van der Waals surface area (Å²) in [6.45, 7) is 5.21. The molecule has 0 aliphatic rings. The lowest BCUT2D eigenvalue weighted by atomic mass is 10.0. The van der Waals surface area contributed by atoms with E-state index in [1.807, 2.05) is 19.1 Å². The molecule has 5 nitrogen and oxygen atoms in total. The zero-order chi connectivity index (χ0) is 12.2. The van der Waals surface area contributed by atoms with Crippen molar-refractivity contribution in [3.05, 3.63) is 23.5 Å². The summed E-state index contributed by atoms with van der Waals surface area (Å²) >= 11 is 0. The van der Waals surface area contributed by atoms with Gasteiger partial charge in [0.15, 0.2) is 0 Å². The number of rotatable bonds is 4. The monoisotopic (exact) mass is 220 g/mol. The summed E-state index contributed by atoms with van der Waals surface area (Å²) in [5.74, 6) is 0. The molecule has 0 saturated heterocycles. The van der Waals surface area contributed by atoms with Gasteiger partial charge in [0.25, 0.3) is 0 Å². The van der Waals surface area contributed by atoms with Crippen LogP contribution in [0.3, 0.4) is 0 Å². The van der Waals surface area contributed by atoms with E-state index in [2.05, 4.69) is 15.3 Å². The van der Waals surface area contributed by atoms with Gasteiger partial charge in [-0.1, -0.05) is 0 Å². The number of anilines is 1. The molecular formula is C11H16N4O. The van der Waals surface area contributed by atoms with Crippen molar-refractivity contribution >= 4 is 18.4 Å². The highest BCUT2D eigenvalue weighted by atomic mass is 16.3. The lowest BCUT2D eigenvalue weighted by Gasteiger charge is -2.20. The Labute approximate surface area is 94.8 Å². The number of aliphatic imine (C=N–C) groups is 1. The first-order valence-corrected chi connectivity index (χ1v) is 4.93. The van der Waals surface area contributed by atoms with E-state index in [4.69, 9.17) is 5.41 Å². The molecule has 0 amide bonds. The van der Waals surface area contributed by atoms with E-state index >= 15 is 0 Å². The Hall–Kier alpha value is -1.75. The summed E-state index contributed by atoms with van der Waals surface area (Å²) in [5, 5.41) is 19.6. The second-order valence-electron chi connectivity index (χ2n) is 3.96. The van der Waals surface area contributed by atoms with E-state index in [1.165, 1.54) is 6.34 Å². The van der Waals surface area contributed by atoms with Gasteiger partial charge < -0.3 is 10.4 Å². The lowest BCUT2D eigenvalue weighted by molar-refractivity contribution is 0.0745. The molecule has 16 heavy (non-hydrogen) atoms. The topological polar surface area (TPSA) is 81.4 Å². The molecule has 86 valence electrons. The normalized spacial score (nSPS) is 11.8. The van der Waals surface area contributed by atoms with E-state index in [0.29, 0.717) is 11.4 Å². The molecule has 0 atom stereocenters. The molecule has 1 rings (SSSR count). The van der Waals surface area contributed by atoms with Gasteiger partial charge in [-0.3, -0.25) is 10.4 Å². The van der Waals surface area contributed by atoms with Crippen molar-refractivity contribution in [1.29, 1.82) is 5.41 Å². The van der Waals surface area contributed by atoms with Crippen LogP contribution in [0.1, 0.15) is 25.2 Å². The van der Waals surface area contributed by atoms with Crippen LogP contribution in [0.4, 0.5) is 5.69 Å². The number of hydrogen-bond acceptors (Lipinski definition) is 3. The third kappa shape index (κ3) is 3.13. The molecule has 0 fully saturated rings. The van der Waals surface area contributed by atoms with Gasteiger partial charge in [0.1, 0.15) is 11.9 Å². The van der Waals surface area contributed by atoms with Crippen molar-refractivity contribution in [3.8, 4) is 0 Å². The Balaban J connectivity index is 3.08. The van der Waals surface area contributed by atoms with Crippen LogP contribution in [0, 0.1) is 12.3 Å². The SMILES string of the molecule is Cc1ccc(N/C=N/C=N)c(C(C)(C)O)n1. The summed E-state index contributed by atoms with van der Waals surface area (Å²) in [7, 11) is 0. The Kier molecular flexibility index (Phi) is 3.73. The van der Waals surface area contributed by atoms with Gasteiger partial charge in [-0.2, -0.15) is 0 Å². The molecule has 0 radical (unpaired) electrons. The fourth-order valence-corrected chi connectivity index (χ4v) is 1.28. The molecular weight excluding hydrogens is 204 g/mol. The molecule has 1 heterocycles. The molecule has 0 aliphatic carbocycles. The van der Waals surface area contributed by atoms with E-state index < -0.39 is 5.60 Å². The van der Waals surface area contributed by atoms with Crippen molar-refractivity contribution in [3.63, 3.8) is 0 Å². The Morgan fingerprint density at radius 1 is 1.50 bits per heavy atom. The van der Waals surface area contributed by atoms with Crippen molar-refractivity contribution in [2.24, 2.45) is 4.99 Å². The summed E-state index contributed by atoms with van der Waals surface area (Å²) in [4.78, 5) is 7.90. The fraction of sp³-hybridized carbons (Fsp3) is 0.364. The molecule has 0 spiro atoms. The highest BCUT2D eigenvalue weighted by Gasteiger charge is 2.21. The molecule has 3 N–H and O–H groups in total. The van der Waals surface area contributed by atoms with Crippen molar-refractivity contribution in [1.82, 2.24) is 4.98 Å². The number of aromatic nitrogens is 1. The first-order valence-electron chi connectivity index (χ1n) is 4.93. The van der Waals surface area contributed by atoms with Crippen LogP contribution < -0.4 is 5.32 Å². The predicted octanol–water partition coefficient (Wildman–Crippen LogP) is 1.66. The zero-order valence-electron chi connectivity index (χ0n) is 9.65. The van der Waals surface area contributed by atoms with Crippen LogP contribution in [0.25, 0.3) is 0 Å². The maximum Gasteiger partial charge on any atom is 0.108 e. The summed E-state index contributed by atoms with van der Waals surface area (Å²) in [6, 6.07) is 3.67. The molecule has 0 aromatic carbocycles. The van der Waals surface area contributed by atoms with E-state index in [9.17, 15) is 5.11 Å².